The van der Waals surface area contributed by atoms with Gasteiger partial charge in [-0.2, -0.15) is 0 Å². The quantitative estimate of drug-likeness (QED) is 0.821. The third-order valence-corrected chi connectivity index (χ3v) is 6.17. The zero-order valence-corrected chi connectivity index (χ0v) is 14.1. The first-order chi connectivity index (χ1) is 9.49. The molecule has 0 aromatic carbocycles. The molecule has 3 nitrogen and oxygen atoms in total. The average Bonchev–Trinajstić information content (AvgIpc) is 2.64. The molecule has 1 heterocycles. The molecule has 0 bridgehead atoms. The Morgan fingerprint density at radius 2 is 2.05 bits per heavy atom. The van der Waals surface area contributed by atoms with Gasteiger partial charge in [-0.15, -0.1) is 11.3 Å². The second-order valence-electron chi connectivity index (χ2n) is 5.69. The summed E-state index contributed by atoms with van der Waals surface area (Å²) in [6.07, 6.45) is 8.30. The van der Waals surface area contributed by atoms with E-state index in [1.54, 1.807) is 0 Å². The van der Waals surface area contributed by atoms with Crippen molar-refractivity contribution < 1.29 is 8.42 Å². The highest BCUT2D eigenvalue weighted by Gasteiger charge is 2.19. The lowest BCUT2D eigenvalue weighted by Gasteiger charge is -2.15. The van der Waals surface area contributed by atoms with E-state index in [0.29, 0.717) is 6.42 Å². The van der Waals surface area contributed by atoms with Crippen molar-refractivity contribution in [1.82, 2.24) is 5.32 Å². The van der Waals surface area contributed by atoms with Gasteiger partial charge in [0.25, 0.3) is 0 Å². The fraction of sp³-hybridized carbons (Fsp3) is 0.733. The SMILES string of the molecule is CCNC(CCS(C)(=O)=O)c1cc2c(s1)CCCCC2. The summed E-state index contributed by atoms with van der Waals surface area (Å²) < 4.78 is 22.8. The van der Waals surface area contributed by atoms with Crippen LogP contribution in [0, 0.1) is 0 Å². The molecule has 1 aromatic rings. The van der Waals surface area contributed by atoms with E-state index in [4.69, 9.17) is 0 Å². The predicted molar refractivity (Wildman–Crippen MR) is 86.3 cm³/mol. The fourth-order valence-electron chi connectivity index (χ4n) is 2.79. The first-order valence-electron chi connectivity index (χ1n) is 7.52. The van der Waals surface area contributed by atoms with E-state index in [0.717, 1.165) is 6.54 Å². The zero-order chi connectivity index (χ0) is 14.6. The van der Waals surface area contributed by atoms with Crippen LogP contribution < -0.4 is 5.32 Å². The van der Waals surface area contributed by atoms with Gasteiger partial charge in [0.15, 0.2) is 0 Å². The minimum Gasteiger partial charge on any atom is -0.309 e. The lowest BCUT2D eigenvalue weighted by atomic mass is 10.1. The number of hydrogen-bond donors (Lipinski definition) is 1. The number of fused-ring (bicyclic) bond motifs is 1. The Balaban J connectivity index is 2.12. The molecule has 2 rings (SSSR count). The van der Waals surface area contributed by atoms with Crippen LogP contribution in [-0.2, 0) is 22.7 Å². The van der Waals surface area contributed by atoms with Gasteiger partial charge in [0.2, 0.25) is 0 Å². The third-order valence-electron chi connectivity index (χ3n) is 3.84. The first kappa shape index (κ1) is 16.0. The van der Waals surface area contributed by atoms with Gasteiger partial charge in [-0.25, -0.2) is 8.42 Å². The van der Waals surface area contributed by atoms with Crippen LogP contribution in [0.4, 0.5) is 0 Å². The van der Waals surface area contributed by atoms with Crippen LogP contribution in [0.3, 0.4) is 0 Å². The topological polar surface area (TPSA) is 46.2 Å². The van der Waals surface area contributed by atoms with Crippen LogP contribution in [0.5, 0.6) is 0 Å². The van der Waals surface area contributed by atoms with E-state index in [9.17, 15) is 8.42 Å². The standard InChI is InChI=1S/C15H25NO2S2/c1-3-16-13(9-10-20(2,17)18)15-11-12-7-5-4-6-8-14(12)19-15/h11,13,16H,3-10H2,1-2H3. The molecule has 0 radical (unpaired) electrons. The molecule has 0 saturated heterocycles. The Morgan fingerprint density at radius 3 is 2.75 bits per heavy atom. The molecule has 1 aliphatic rings. The summed E-state index contributed by atoms with van der Waals surface area (Å²) in [7, 11) is -2.89. The summed E-state index contributed by atoms with van der Waals surface area (Å²) in [5.41, 5.74) is 1.50. The predicted octanol–water partition coefficient (Wildman–Crippen LogP) is 3.10. The van der Waals surface area contributed by atoms with Gasteiger partial charge >= 0.3 is 0 Å². The summed E-state index contributed by atoms with van der Waals surface area (Å²) >= 11 is 1.89. The van der Waals surface area contributed by atoms with E-state index in [-0.39, 0.29) is 11.8 Å². The minimum absolute atomic E-state index is 0.187. The lowest BCUT2D eigenvalue weighted by molar-refractivity contribution is 0.536. The number of sulfone groups is 1. The maximum Gasteiger partial charge on any atom is 0.147 e. The van der Waals surface area contributed by atoms with Crippen LogP contribution >= 0.6 is 11.3 Å². The Labute approximate surface area is 126 Å². The van der Waals surface area contributed by atoms with Crippen molar-refractivity contribution >= 4 is 21.2 Å². The highest BCUT2D eigenvalue weighted by molar-refractivity contribution is 7.90. The molecule has 1 N–H and O–H groups in total. The normalized spacial score (nSPS) is 17.5. The second-order valence-corrected chi connectivity index (χ2v) is 9.11. The molecule has 1 atom stereocenters. The molecule has 1 unspecified atom stereocenters. The van der Waals surface area contributed by atoms with E-state index >= 15 is 0 Å². The minimum atomic E-state index is -2.89. The van der Waals surface area contributed by atoms with Gasteiger partial charge < -0.3 is 5.32 Å². The Kier molecular flexibility index (Phi) is 5.64. The monoisotopic (exact) mass is 315 g/mol. The van der Waals surface area contributed by atoms with Crippen molar-refractivity contribution in [3.05, 3.63) is 21.4 Å². The van der Waals surface area contributed by atoms with Crippen LogP contribution in [0.1, 0.15) is 54.0 Å². The van der Waals surface area contributed by atoms with E-state index in [1.807, 2.05) is 11.3 Å². The largest absolute Gasteiger partial charge is 0.309 e. The Hall–Kier alpha value is -0.390. The summed E-state index contributed by atoms with van der Waals surface area (Å²) in [5.74, 6) is 0.257. The fourth-order valence-corrected chi connectivity index (χ4v) is 4.82. The van der Waals surface area contributed by atoms with E-state index in [2.05, 4.69) is 18.3 Å². The van der Waals surface area contributed by atoms with Crippen LogP contribution in [-0.4, -0.2) is 27.0 Å². The van der Waals surface area contributed by atoms with Crippen molar-refractivity contribution in [3.63, 3.8) is 0 Å². The van der Waals surface area contributed by atoms with E-state index < -0.39 is 9.84 Å². The number of rotatable bonds is 6. The molecule has 0 spiro atoms. The van der Waals surface area contributed by atoms with Crippen LogP contribution in [0.2, 0.25) is 0 Å². The molecular formula is C15H25NO2S2. The summed E-state index contributed by atoms with van der Waals surface area (Å²) in [5, 5.41) is 3.44. The molecule has 20 heavy (non-hydrogen) atoms. The Bertz CT molecular complexity index is 511. The van der Waals surface area contributed by atoms with Crippen molar-refractivity contribution in [1.29, 1.82) is 0 Å². The van der Waals surface area contributed by atoms with Crippen molar-refractivity contribution in [3.8, 4) is 0 Å². The smallest absolute Gasteiger partial charge is 0.147 e. The van der Waals surface area contributed by atoms with Crippen molar-refractivity contribution in [2.75, 3.05) is 18.6 Å². The molecule has 0 amide bonds. The molecule has 114 valence electrons. The third kappa shape index (κ3) is 4.57. The molecule has 0 aliphatic heterocycles. The molecular weight excluding hydrogens is 290 g/mol. The lowest BCUT2D eigenvalue weighted by Crippen LogP contribution is -2.22. The molecule has 0 saturated carbocycles. The van der Waals surface area contributed by atoms with Gasteiger partial charge in [0.1, 0.15) is 9.84 Å². The van der Waals surface area contributed by atoms with Crippen LogP contribution in [0.15, 0.2) is 6.07 Å². The number of aryl methyl sites for hydroxylation is 2. The van der Waals surface area contributed by atoms with Crippen LogP contribution in [0.25, 0.3) is 0 Å². The first-order valence-corrected chi connectivity index (χ1v) is 10.4. The van der Waals surface area contributed by atoms with Gasteiger partial charge in [-0.3, -0.25) is 0 Å². The summed E-state index contributed by atoms with van der Waals surface area (Å²) in [6.45, 7) is 2.95. The number of hydrogen-bond acceptors (Lipinski definition) is 4. The number of nitrogens with one attached hydrogen (secondary N) is 1. The highest BCUT2D eigenvalue weighted by Crippen LogP contribution is 2.33. The molecule has 1 aliphatic carbocycles. The Morgan fingerprint density at radius 1 is 1.30 bits per heavy atom. The van der Waals surface area contributed by atoms with Crippen molar-refractivity contribution in [2.45, 2.75) is 51.5 Å². The average molecular weight is 316 g/mol. The second kappa shape index (κ2) is 7.05. The molecule has 1 aromatic heterocycles. The highest BCUT2D eigenvalue weighted by atomic mass is 32.2. The van der Waals surface area contributed by atoms with Crippen molar-refractivity contribution in [2.24, 2.45) is 0 Å². The van der Waals surface area contributed by atoms with Gasteiger partial charge in [0, 0.05) is 22.1 Å². The van der Waals surface area contributed by atoms with E-state index in [1.165, 1.54) is 53.7 Å². The molecule has 0 fully saturated rings. The van der Waals surface area contributed by atoms with Gasteiger partial charge in [0.05, 0.1) is 5.75 Å². The van der Waals surface area contributed by atoms with Gasteiger partial charge in [-0.05, 0) is 50.3 Å². The van der Waals surface area contributed by atoms with Gasteiger partial charge in [-0.1, -0.05) is 13.3 Å². The number of thiophene rings is 1. The zero-order valence-electron chi connectivity index (χ0n) is 12.4. The maximum atomic E-state index is 11.4. The maximum absolute atomic E-state index is 11.4. The summed E-state index contributed by atoms with van der Waals surface area (Å²) in [6, 6.07) is 2.51. The molecule has 5 heteroatoms. The summed E-state index contributed by atoms with van der Waals surface area (Å²) in [4.78, 5) is 2.85.